The molecule has 7 nitrogen and oxygen atoms in total. The van der Waals surface area contributed by atoms with E-state index in [0.717, 1.165) is 130 Å². The highest BCUT2D eigenvalue weighted by atomic mass is 15.2. The lowest BCUT2D eigenvalue weighted by atomic mass is 10.1. The van der Waals surface area contributed by atoms with Crippen LogP contribution in [0.1, 0.15) is 12.5 Å². The predicted octanol–water partition coefficient (Wildman–Crippen LogP) is 33.2. The SMILES string of the molecule is C/C=C\c1cccc(N(c2ccc(N(c3ccc(N(c4ccc5ccccc5c4)c4ccc5ccccc5c4)cc3)c3ccc4[nH]c5ccc(N(c6ccc(N(c7ccc8ccccc8c7)c7ccc8ccccc8c7)cc6)c6ccc(N(c7ccc8ccccc8c7)c7ccc8ccccc8c7)cc6)cc5c4c3)cc2)c2ccc3ccccc3c2)c1. The van der Waals surface area contributed by atoms with Crippen LogP contribution in [0.25, 0.3) is 103 Å². The Balaban J connectivity index is 0.697. The quantitative estimate of drug-likeness (QED) is 0.0869. The van der Waals surface area contributed by atoms with E-state index in [1.54, 1.807) is 0 Å². The number of nitrogens with zero attached hydrogens (tertiary/aromatic N) is 6. The van der Waals surface area contributed by atoms with Crippen molar-refractivity contribution in [2.75, 3.05) is 29.4 Å². The summed E-state index contributed by atoms with van der Waals surface area (Å²) in [6.45, 7) is 2.07. The van der Waals surface area contributed by atoms with Gasteiger partial charge in [-0.1, -0.05) is 237 Å². The average Bonchev–Trinajstić information content (AvgIpc) is 1.50. The lowest BCUT2D eigenvalue weighted by Gasteiger charge is -2.30. The summed E-state index contributed by atoms with van der Waals surface area (Å²) in [7, 11) is 0. The van der Waals surface area contributed by atoms with E-state index in [-0.39, 0.29) is 0 Å². The molecule has 122 heavy (non-hydrogen) atoms. The summed E-state index contributed by atoms with van der Waals surface area (Å²) in [4.78, 5) is 18.3. The summed E-state index contributed by atoms with van der Waals surface area (Å²) in [5, 5.41) is 18.8. The smallest absolute Gasteiger partial charge is 0.0469 e. The Morgan fingerprint density at radius 3 is 0.557 bits per heavy atom. The van der Waals surface area contributed by atoms with Gasteiger partial charge in [0.15, 0.2) is 0 Å². The number of anilines is 18. The van der Waals surface area contributed by atoms with Gasteiger partial charge in [-0.2, -0.15) is 0 Å². The number of benzene rings is 21. The van der Waals surface area contributed by atoms with Gasteiger partial charge < -0.3 is 34.4 Å². The molecule has 0 aliphatic carbocycles. The minimum Gasteiger partial charge on any atom is -0.355 e. The first-order valence-corrected chi connectivity index (χ1v) is 41.8. The van der Waals surface area contributed by atoms with Crippen LogP contribution in [0, 0.1) is 0 Å². The predicted molar refractivity (Wildman–Crippen MR) is 521 cm³/mol. The normalized spacial score (nSPS) is 11.6. The van der Waals surface area contributed by atoms with Crippen LogP contribution >= 0.6 is 0 Å². The second-order valence-corrected chi connectivity index (χ2v) is 31.5. The molecule has 0 aliphatic heterocycles. The number of allylic oxidation sites excluding steroid dienone is 1. The number of hydrogen-bond donors (Lipinski definition) is 1. The largest absolute Gasteiger partial charge is 0.355 e. The zero-order valence-electron chi connectivity index (χ0n) is 67.1. The van der Waals surface area contributed by atoms with Crippen molar-refractivity contribution in [3.63, 3.8) is 0 Å². The van der Waals surface area contributed by atoms with E-state index in [1.807, 2.05) is 0 Å². The van der Waals surface area contributed by atoms with Crippen molar-refractivity contribution >= 4 is 206 Å². The fourth-order valence-corrected chi connectivity index (χ4v) is 18.0. The Morgan fingerprint density at radius 2 is 0.336 bits per heavy atom. The minimum atomic E-state index is 1.00. The van der Waals surface area contributed by atoms with Crippen LogP contribution in [0.3, 0.4) is 0 Å². The molecular weight excluding hydrogens is 1480 g/mol. The first-order valence-electron chi connectivity index (χ1n) is 41.8. The Kier molecular flexibility index (Phi) is 18.4. The van der Waals surface area contributed by atoms with Gasteiger partial charge in [0.05, 0.1) is 0 Å². The van der Waals surface area contributed by atoms with E-state index in [4.69, 9.17) is 0 Å². The molecule has 1 aromatic heterocycles. The summed E-state index contributed by atoms with van der Waals surface area (Å²) in [5.41, 5.74) is 21.9. The fraction of sp³-hybridized carbons (Fsp3) is 0.00870. The number of hydrogen-bond acceptors (Lipinski definition) is 6. The monoisotopic (exact) mass is 1560 g/mol. The molecule has 22 aromatic rings. The van der Waals surface area contributed by atoms with Gasteiger partial charge in [-0.05, 0) is 318 Å². The molecule has 0 spiro atoms. The lowest BCUT2D eigenvalue weighted by molar-refractivity contribution is 1.25. The number of aromatic nitrogens is 1. The van der Waals surface area contributed by atoms with Crippen molar-refractivity contribution in [2.24, 2.45) is 0 Å². The van der Waals surface area contributed by atoms with Gasteiger partial charge in [-0.15, -0.1) is 0 Å². The molecule has 1 N–H and O–H groups in total. The van der Waals surface area contributed by atoms with E-state index in [2.05, 4.69) is 508 Å². The highest BCUT2D eigenvalue weighted by Gasteiger charge is 2.25. The van der Waals surface area contributed by atoms with E-state index in [9.17, 15) is 0 Å². The van der Waals surface area contributed by atoms with Gasteiger partial charge in [0.25, 0.3) is 0 Å². The molecule has 21 aromatic carbocycles. The van der Waals surface area contributed by atoms with Crippen molar-refractivity contribution in [3.05, 3.63) is 467 Å². The van der Waals surface area contributed by atoms with E-state index in [0.29, 0.717) is 0 Å². The van der Waals surface area contributed by atoms with Crippen molar-refractivity contribution in [2.45, 2.75) is 6.92 Å². The topological polar surface area (TPSA) is 35.2 Å². The zero-order chi connectivity index (χ0) is 81.0. The van der Waals surface area contributed by atoms with Gasteiger partial charge in [-0.25, -0.2) is 0 Å². The minimum absolute atomic E-state index is 1.00. The summed E-state index contributed by atoms with van der Waals surface area (Å²) in [5.74, 6) is 0. The summed E-state index contributed by atoms with van der Waals surface area (Å²) < 4.78 is 0. The van der Waals surface area contributed by atoms with Gasteiger partial charge in [0.2, 0.25) is 0 Å². The third-order valence-electron chi connectivity index (χ3n) is 24.0. The Bertz CT molecular complexity index is 7320. The van der Waals surface area contributed by atoms with E-state index < -0.39 is 0 Å². The molecule has 0 fully saturated rings. The molecule has 1 heterocycles. The highest BCUT2D eigenvalue weighted by Crippen LogP contribution is 2.49. The lowest BCUT2D eigenvalue weighted by Crippen LogP contribution is -2.13. The van der Waals surface area contributed by atoms with Crippen LogP contribution < -0.4 is 29.4 Å². The average molecular weight is 1560 g/mol. The molecule has 0 amide bonds. The number of aromatic amines is 1. The standard InChI is InChI=1S/C115H81N7/c1-2-18-79-19-17-34-102(69-79)119(103-42-35-80-20-3-10-27-87(80)70-103)98-57-49-94(50-58-98)117(95-51-59-99(60-52-95)120(104-43-36-81-21-4-11-28-88(81)71-104)105-44-37-82-22-5-12-29-89(82)72-105)110-65-67-114-112(77-110)113-78-111(66-68-115(113)116-114)118(96-53-61-100(62-54-96)121(106-45-38-83-23-6-13-30-90(83)73-106)107-46-39-84-24-7-14-31-91(84)74-107)97-55-63-101(64-56-97)122(108-47-40-85-25-8-15-32-92(85)75-108)109-48-41-86-26-9-16-33-93(86)76-109/h2-78,116H,1H3/b18-2-. The Hall–Kier alpha value is -16.2. The second-order valence-electron chi connectivity index (χ2n) is 31.5. The molecule has 0 unspecified atom stereocenters. The van der Waals surface area contributed by atoms with Crippen molar-refractivity contribution < 1.29 is 0 Å². The number of H-pyrrole nitrogens is 1. The summed E-state index contributed by atoms with van der Waals surface area (Å²) >= 11 is 0. The van der Waals surface area contributed by atoms with Crippen LogP contribution in [-0.4, -0.2) is 4.98 Å². The molecule has 0 bridgehead atoms. The first kappa shape index (κ1) is 72.3. The van der Waals surface area contributed by atoms with Gasteiger partial charge >= 0.3 is 0 Å². The molecule has 0 radical (unpaired) electrons. The van der Waals surface area contributed by atoms with Crippen molar-refractivity contribution in [3.8, 4) is 0 Å². The molecule has 0 aliphatic rings. The van der Waals surface area contributed by atoms with E-state index in [1.165, 1.54) is 75.4 Å². The Morgan fingerprint density at radius 1 is 0.156 bits per heavy atom. The van der Waals surface area contributed by atoms with Crippen molar-refractivity contribution in [1.29, 1.82) is 0 Å². The molecule has 22 rings (SSSR count). The molecule has 7 heteroatoms. The number of rotatable bonds is 19. The molecule has 0 saturated heterocycles. The van der Waals surface area contributed by atoms with Gasteiger partial charge in [0.1, 0.15) is 0 Å². The van der Waals surface area contributed by atoms with Crippen LogP contribution in [0.15, 0.2) is 461 Å². The number of nitrogens with one attached hydrogen (secondary N) is 1. The molecular formula is C115H81N7. The van der Waals surface area contributed by atoms with Crippen LogP contribution in [0.2, 0.25) is 0 Å². The maximum Gasteiger partial charge on any atom is 0.0469 e. The Labute approximate surface area is 708 Å². The maximum atomic E-state index is 3.90. The third kappa shape index (κ3) is 13.7. The fourth-order valence-electron chi connectivity index (χ4n) is 18.0. The molecule has 576 valence electrons. The first-order chi connectivity index (χ1) is 60.3. The molecule has 0 atom stereocenters. The zero-order valence-corrected chi connectivity index (χ0v) is 67.1. The number of fused-ring (bicyclic) bond motifs is 10. The summed E-state index contributed by atoms with van der Waals surface area (Å²) in [6.07, 6.45) is 4.27. The van der Waals surface area contributed by atoms with Crippen molar-refractivity contribution in [1.82, 2.24) is 4.98 Å². The van der Waals surface area contributed by atoms with Crippen LogP contribution in [-0.2, 0) is 0 Å². The maximum absolute atomic E-state index is 3.90. The third-order valence-corrected chi connectivity index (χ3v) is 24.0. The summed E-state index contributed by atoms with van der Waals surface area (Å²) in [6, 6.07) is 167. The van der Waals surface area contributed by atoms with Crippen LogP contribution in [0.4, 0.5) is 102 Å². The molecule has 0 saturated carbocycles. The van der Waals surface area contributed by atoms with Crippen LogP contribution in [0.5, 0.6) is 0 Å². The van der Waals surface area contributed by atoms with Gasteiger partial charge in [-0.3, -0.25) is 0 Å². The van der Waals surface area contributed by atoms with Gasteiger partial charge in [0, 0.05) is 124 Å². The highest BCUT2D eigenvalue weighted by molar-refractivity contribution is 6.11. The van der Waals surface area contributed by atoms with E-state index >= 15 is 0 Å². The second kappa shape index (κ2) is 31.0.